The van der Waals surface area contributed by atoms with Crippen LogP contribution in [-0.2, 0) is 6.42 Å². The number of benzene rings is 10. The minimum atomic E-state index is -4.00. The number of fused-ring (bicyclic) bond motifs is 20. The van der Waals surface area contributed by atoms with Crippen LogP contribution >= 0.6 is 0 Å². The zero-order valence-corrected chi connectivity index (χ0v) is 46.8. The normalized spacial score (nSPS) is 12.8. The van der Waals surface area contributed by atoms with Crippen LogP contribution in [0.3, 0.4) is 0 Å². The average Bonchev–Trinajstić information content (AvgIpc) is 0.890. The monoisotopic (exact) mass is 1090 g/mol. The Balaban J connectivity index is 1.26. The number of aromatic amines is 2. The van der Waals surface area contributed by atoms with Crippen molar-refractivity contribution in [2.45, 2.75) is 26.2 Å². The van der Waals surface area contributed by atoms with Crippen LogP contribution in [0.15, 0.2) is 261 Å². The predicted octanol–water partition coefficient (Wildman–Crippen LogP) is 11.0. The van der Waals surface area contributed by atoms with Gasteiger partial charge in [0.05, 0.1) is 5.48 Å². The Hall–Kier alpha value is -10.0. The first-order valence-electron chi connectivity index (χ1n) is 29.9. The molecule has 0 fully saturated rings. The molecule has 0 atom stereocenters. The summed E-state index contributed by atoms with van der Waals surface area (Å²) in [7, 11) is -7.98. The number of rotatable bonds is 11. The molecule has 13 aromatic rings. The first-order chi connectivity index (χ1) is 42.3. The second kappa shape index (κ2) is 20.3. The Morgan fingerprint density at radius 3 is 1.17 bits per heavy atom. The van der Waals surface area contributed by atoms with Crippen molar-refractivity contribution in [2.24, 2.45) is 0 Å². The molecule has 0 aliphatic carbocycles. The molecule has 0 spiro atoms. The summed E-state index contributed by atoms with van der Waals surface area (Å²) < 4.78 is 39.8. The number of unbranched alkanes of at least 4 members (excludes halogenated alkanes) is 1. The Kier molecular flexibility index (Phi) is 11.1. The van der Waals surface area contributed by atoms with Gasteiger partial charge in [-0.3, -0.25) is 0 Å². The first kappa shape index (κ1) is 44.8. The fourth-order valence-corrected chi connectivity index (χ4v) is 23.8. The molecule has 0 saturated carbocycles. The second-order valence-corrected chi connectivity index (χ2v) is 28.4. The fraction of sp³-hybridized carbons (Fsp3) is 0.0556. The number of H-pyrrole nitrogens is 2. The molecule has 2 N–H and O–H groups in total. The number of nitrogens with zero attached hydrogens (tertiary/aromatic N) is 6. The molecule has 8 nitrogen and oxygen atoms in total. The Labute approximate surface area is 482 Å². The number of hydrogen-bond acceptors (Lipinski definition) is 6. The molecule has 2 aliphatic rings. The van der Waals surface area contributed by atoms with Crippen molar-refractivity contribution in [2.75, 3.05) is 0 Å². The van der Waals surface area contributed by atoms with E-state index in [4.69, 9.17) is 29.9 Å². The van der Waals surface area contributed by atoms with E-state index in [2.05, 4.69) is 132 Å². The van der Waals surface area contributed by atoms with Crippen LogP contribution in [0.1, 0.15) is 30.8 Å². The number of nitrogens with one attached hydrogen (secondary N) is 2. The van der Waals surface area contributed by atoms with Crippen LogP contribution in [0.25, 0.3) is 89.7 Å². The molecular formula is C72H54N8Si2. The van der Waals surface area contributed by atoms with Crippen LogP contribution in [0, 0.1) is 0 Å². The molecule has 10 aromatic carbocycles. The lowest BCUT2D eigenvalue weighted by molar-refractivity contribution is 0.801. The highest BCUT2D eigenvalue weighted by molar-refractivity contribution is 7.27. The van der Waals surface area contributed by atoms with Gasteiger partial charge in [0.25, 0.3) is 0 Å². The summed E-state index contributed by atoms with van der Waals surface area (Å²) in [4.78, 5) is 40.3. The molecule has 15 rings (SSSR count). The maximum Gasteiger partial charge on any atom is 0.179 e. The highest BCUT2D eigenvalue weighted by atomic mass is 28.3. The fourth-order valence-electron chi connectivity index (χ4n) is 12.9. The third kappa shape index (κ3) is 7.78. The maximum atomic E-state index is 10.4. The van der Waals surface area contributed by atoms with E-state index in [1.807, 2.05) is 109 Å². The number of aromatic nitrogens is 8. The third-order valence-electron chi connectivity index (χ3n) is 16.4. The first-order valence-corrected chi connectivity index (χ1v) is 31.9. The van der Waals surface area contributed by atoms with Crippen molar-refractivity contribution >= 4 is 102 Å². The number of aryl methyl sites for hydroxylation is 1. The molecule has 5 heterocycles. The second-order valence-electron chi connectivity index (χ2n) is 20.9. The Morgan fingerprint density at radius 2 is 0.720 bits per heavy atom. The standard InChI is InChI=1S/C72H54N8Si2/c1-2-3-40-60-63-61(71-78-69-57-44-25-24-43-56(57)67(76-69)74-65-54-41-22-23-42-55(54)66(73-65)75-68-58-45-26-27-46-59(58)70(77-68)79-72(63)80-71)47-62(81(48-28-10-4-11-29-48,49-30-12-5-13-31-49)50-32-14-6-15-33-50)64(60)82(51-34-16-7-17-35-51,52-36-18-8-19-37-52)53-38-20-9-21-39-53/h4-39,41-47H,2-3,40H2,1H3,(H2,73,74,75,76,77,78,79,80)/i10T,16T,28T,34T. The number of hydrogen-bond donors (Lipinski definition) is 2. The van der Waals surface area contributed by atoms with Crippen LogP contribution in [0.4, 0.5) is 0 Å². The van der Waals surface area contributed by atoms with Gasteiger partial charge in [-0.1, -0.05) is 274 Å². The van der Waals surface area contributed by atoms with E-state index in [9.17, 15) is 5.48 Å². The molecule has 0 amide bonds. The van der Waals surface area contributed by atoms with Crippen molar-refractivity contribution < 1.29 is 5.48 Å². The average molecular weight is 1100 g/mol. The van der Waals surface area contributed by atoms with Gasteiger partial charge in [-0.15, -0.1) is 0 Å². The van der Waals surface area contributed by atoms with E-state index < -0.39 is 16.1 Å². The predicted molar refractivity (Wildman–Crippen MR) is 342 cm³/mol. The summed E-state index contributed by atoms with van der Waals surface area (Å²) in [5, 5.41) is 11.0. The molecule has 2 aliphatic heterocycles. The van der Waals surface area contributed by atoms with E-state index in [-0.39, 0.29) is 24.2 Å². The molecule has 0 unspecified atom stereocenters. The highest BCUT2D eigenvalue weighted by Gasteiger charge is 2.51. The quantitative estimate of drug-likeness (QED) is 0.0987. The van der Waals surface area contributed by atoms with Gasteiger partial charge in [-0.25, -0.2) is 29.9 Å². The Morgan fingerprint density at radius 1 is 0.366 bits per heavy atom. The zero-order valence-electron chi connectivity index (χ0n) is 48.8. The summed E-state index contributed by atoms with van der Waals surface area (Å²) in [5.41, 5.74) is 6.59. The lowest BCUT2D eigenvalue weighted by Gasteiger charge is -2.43. The van der Waals surface area contributed by atoms with E-state index in [1.165, 1.54) is 0 Å². The molecule has 3 aromatic heterocycles. The van der Waals surface area contributed by atoms with Crippen molar-refractivity contribution in [3.63, 3.8) is 0 Å². The molecule has 10 heteroatoms. The zero-order chi connectivity index (χ0) is 58.1. The minimum absolute atomic E-state index is 0.117. The van der Waals surface area contributed by atoms with Gasteiger partial charge in [0.1, 0.15) is 22.6 Å². The van der Waals surface area contributed by atoms with Crippen LogP contribution in [-0.4, -0.2) is 56.0 Å². The van der Waals surface area contributed by atoms with Crippen LogP contribution < -0.4 is 41.5 Å². The molecule has 82 heavy (non-hydrogen) atoms. The van der Waals surface area contributed by atoms with Crippen molar-refractivity contribution in [1.29, 1.82) is 0 Å². The molecule has 0 radical (unpaired) electrons. The van der Waals surface area contributed by atoms with Gasteiger partial charge >= 0.3 is 0 Å². The van der Waals surface area contributed by atoms with E-state index in [0.29, 0.717) is 52.3 Å². The summed E-state index contributed by atoms with van der Waals surface area (Å²) in [6, 6.07) is 81.2. The third-order valence-corrected chi connectivity index (χ3v) is 26.2. The summed E-state index contributed by atoms with van der Waals surface area (Å²) in [6.07, 6.45) is 2.18. The highest BCUT2D eigenvalue weighted by Crippen LogP contribution is 2.38. The van der Waals surface area contributed by atoms with Crippen molar-refractivity contribution in [1.82, 2.24) is 39.9 Å². The van der Waals surface area contributed by atoms with Gasteiger partial charge < -0.3 is 9.97 Å². The van der Waals surface area contributed by atoms with Gasteiger partial charge in [0.15, 0.2) is 39.4 Å². The topological polar surface area (TPSA) is 109 Å². The van der Waals surface area contributed by atoms with Crippen LogP contribution in [0.2, 0.25) is 0 Å². The van der Waals surface area contributed by atoms with E-state index >= 15 is 0 Å². The van der Waals surface area contributed by atoms with Crippen molar-refractivity contribution in [3.8, 4) is 45.6 Å². The minimum Gasteiger partial charge on any atom is -0.324 e. The summed E-state index contributed by atoms with van der Waals surface area (Å²) in [6.45, 7) is 2.22. The van der Waals surface area contributed by atoms with Gasteiger partial charge in [-0.05, 0) is 59.9 Å². The molecule has 390 valence electrons. The van der Waals surface area contributed by atoms with Crippen molar-refractivity contribution in [3.05, 3.63) is 266 Å². The maximum absolute atomic E-state index is 10.4. The smallest absolute Gasteiger partial charge is 0.179 e. The SMILES string of the molecule is [3H]c1cccc([Si](c2ccccc2)(c2ccccc2)c2cc3c4nc5nc(nc6[nH]c(nc7nc(nc([nH]4)c3c(CCCC)c2[Si](c2ccccc2)(c2ccccc2)c2cccc([3H])c2[3H])-c2ccccc2-7)c2ccccc62)-c2ccccc2-5)c1[3H]. The van der Waals surface area contributed by atoms with E-state index in [1.54, 1.807) is 12.1 Å². The lowest BCUT2D eigenvalue weighted by Crippen LogP contribution is -2.85. The van der Waals surface area contributed by atoms with Gasteiger partial charge in [0.2, 0.25) is 0 Å². The van der Waals surface area contributed by atoms with Crippen LogP contribution in [0.5, 0.6) is 0 Å². The molecular weight excluding hydrogens is 1030 g/mol. The summed E-state index contributed by atoms with van der Waals surface area (Å²) >= 11 is 0. The molecule has 0 saturated heterocycles. The van der Waals surface area contributed by atoms with E-state index in [0.717, 1.165) is 104 Å². The lowest BCUT2D eigenvalue weighted by atomic mass is 10.0. The van der Waals surface area contributed by atoms with Gasteiger partial charge in [-0.2, -0.15) is 0 Å². The van der Waals surface area contributed by atoms with Gasteiger partial charge in [0, 0.05) is 43.8 Å². The molecule has 8 bridgehead atoms. The summed E-state index contributed by atoms with van der Waals surface area (Å²) in [5.74, 6) is 1.94. The largest absolute Gasteiger partial charge is 0.324 e. The Bertz CT molecular complexity index is 4930.